The maximum Gasteiger partial charge on any atom is 0.268 e. The van der Waals surface area contributed by atoms with E-state index in [1.54, 1.807) is 25.3 Å². The van der Waals surface area contributed by atoms with E-state index < -0.39 is 0 Å². The molecule has 15 heavy (non-hydrogen) atoms. The number of amides is 1. The Labute approximate surface area is 86.1 Å². The molecule has 0 aliphatic carbocycles. The number of aromatic amines is 1. The van der Waals surface area contributed by atoms with E-state index in [9.17, 15) is 4.79 Å². The van der Waals surface area contributed by atoms with Crippen LogP contribution in [0.1, 0.15) is 17.4 Å². The van der Waals surface area contributed by atoms with Crippen LogP contribution in [-0.2, 0) is 0 Å². The number of carbonyl (C=O) groups excluding carboxylic acids is 1. The highest BCUT2D eigenvalue weighted by molar-refractivity contribution is 5.96. The van der Waals surface area contributed by atoms with Gasteiger partial charge in [0.05, 0.1) is 18.4 Å². The van der Waals surface area contributed by atoms with Crippen molar-refractivity contribution in [3.8, 4) is 0 Å². The third-order valence-corrected chi connectivity index (χ3v) is 2.14. The number of rotatable bonds is 3. The zero-order valence-electron chi connectivity index (χ0n) is 8.28. The number of H-pyrrole nitrogens is 1. The van der Waals surface area contributed by atoms with Crippen molar-refractivity contribution in [2.75, 3.05) is 6.61 Å². The van der Waals surface area contributed by atoms with Crippen LogP contribution in [0.15, 0.2) is 22.8 Å². The number of aliphatic hydroxyl groups excluding tert-OH is 1. The lowest BCUT2D eigenvalue weighted by molar-refractivity contribution is 0.0918. The topological polar surface area (TPSA) is 78.3 Å². The Hall–Kier alpha value is -1.75. The summed E-state index contributed by atoms with van der Waals surface area (Å²) in [4.78, 5) is 14.5. The lowest BCUT2D eigenvalue weighted by Crippen LogP contribution is -2.35. The van der Waals surface area contributed by atoms with E-state index in [4.69, 9.17) is 9.52 Å². The van der Waals surface area contributed by atoms with Crippen molar-refractivity contribution in [2.45, 2.75) is 13.0 Å². The molecule has 0 saturated heterocycles. The molecule has 2 aromatic heterocycles. The summed E-state index contributed by atoms with van der Waals surface area (Å²) in [7, 11) is 0. The van der Waals surface area contributed by atoms with Gasteiger partial charge in [-0.05, 0) is 6.92 Å². The monoisotopic (exact) mass is 208 g/mol. The summed E-state index contributed by atoms with van der Waals surface area (Å²) < 4.78 is 5.12. The molecule has 0 radical (unpaired) electrons. The van der Waals surface area contributed by atoms with Gasteiger partial charge in [0, 0.05) is 18.2 Å². The normalized spacial score (nSPS) is 12.9. The van der Waals surface area contributed by atoms with Crippen LogP contribution in [0, 0.1) is 0 Å². The number of furan rings is 1. The van der Waals surface area contributed by atoms with Gasteiger partial charge in [-0.15, -0.1) is 0 Å². The quantitative estimate of drug-likeness (QED) is 0.700. The summed E-state index contributed by atoms with van der Waals surface area (Å²) >= 11 is 0. The van der Waals surface area contributed by atoms with Crippen LogP contribution >= 0.6 is 0 Å². The van der Waals surface area contributed by atoms with Crippen LogP contribution in [0.3, 0.4) is 0 Å². The Morgan fingerprint density at radius 2 is 2.53 bits per heavy atom. The van der Waals surface area contributed by atoms with Crippen molar-refractivity contribution in [3.05, 3.63) is 24.1 Å². The molecule has 0 spiro atoms. The van der Waals surface area contributed by atoms with Crippen LogP contribution in [0.2, 0.25) is 0 Å². The summed E-state index contributed by atoms with van der Waals surface area (Å²) in [5.41, 5.74) is 1.87. The molecule has 0 aliphatic rings. The van der Waals surface area contributed by atoms with E-state index in [1.165, 1.54) is 0 Å². The fourth-order valence-corrected chi connectivity index (χ4v) is 1.32. The Balaban J connectivity index is 2.17. The fourth-order valence-electron chi connectivity index (χ4n) is 1.32. The van der Waals surface area contributed by atoms with Crippen LogP contribution in [-0.4, -0.2) is 28.6 Å². The molecule has 5 heteroatoms. The lowest BCUT2D eigenvalue weighted by atomic mass is 10.3. The van der Waals surface area contributed by atoms with Crippen molar-refractivity contribution in [2.24, 2.45) is 0 Å². The Bertz CT molecular complexity index is 443. The average molecular weight is 208 g/mol. The predicted octanol–water partition coefficient (Wildman–Crippen LogP) is 0.872. The van der Waals surface area contributed by atoms with E-state index in [1.807, 2.05) is 0 Å². The number of fused-ring (bicyclic) bond motifs is 1. The van der Waals surface area contributed by atoms with Gasteiger partial charge in [-0.1, -0.05) is 0 Å². The molecule has 2 rings (SSSR count). The molecule has 2 aromatic rings. The maximum atomic E-state index is 11.6. The first kappa shape index (κ1) is 9.79. The molecule has 0 aromatic carbocycles. The zero-order valence-corrected chi connectivity index (χ0v) is 8.28. The van der Waals surface area contributed by atoms with E-state index >= 15 is 0 Å². The number of aliphatic hydroxyl groups is 1. The van der Waals surface area contributed by atoms with Crippen LogP contribution < -0.4 is 5.32 Å². The molecule has 0 bridgehead atoms. The molecule has 80 valence electrons. The van der Waals surface area contributed by atoms with Gasteiger partial charge in [0.1, 0.15) is 5.69 Å². The van der Waals surface area contributed by atoms with E-state index in [0.717, 1.165) is 5.52 Å². The fraction of sp³-hybridized carbons (Fsp3) is 0.300. The Morgan fingerprint density at radius 1 is 1.73 bits per heavy atom. The van der Waals surface area contributed by atoms with Crippen molar-refractivity contribution in [3.63, 3.8) is 0 Å². The number of aromatic nitrogens is 1. The van der Waals surface area contributed by atoms with Crippen LogP contribution in [0.4, 0.5) is 0 Å². The molecule has 1 amide bonds. The molecule has 1 unspecified atom stereocenters. The SMILES string of the molecule is CC(CO)NC(=O)c1cc2occc2[nH]1. The molecule has 1 atom stereocenters. The van der Waals surface area contributed by atoms with Crippen molar-refractivity contribution in [1.82, 2.24) is 10.3 Å². The molecular formula is C10H12N2O3. The highest BCUT2D eigenvalue weighted by Crippen LogP contribution is 2.15. The summed E-state index contributed by atoms with van der Waals surface area (Å²) in [6.07, 6.45) is 1.55. The zero-order chi connectivity index (χ0) is 10.8. The minimum absolute atomic E-state index is 0.0808. The van der Waals surface area contributed by atoms with E-state index in [2.05, 4.69) is 10.3 Å². The summed E-state index contributed by atoms with van der Waals surface area (Å²) in [6.45, 7) is 1.65. The molecule has 5 nitrogen and oxygen atoms in total. The van der Waals surface area contributed by atoms with Gasteiger partial charge >= 0.3 is 0 Å². The highest BCUT2D eigenvalue weighted by atomic mass is 16.3. The molecule has 0 fully saturated rings. The molecule has 0 saturated carbocycles. The largest absolute Gasteiger partial charge is 0.463 e. The van der Waals surface area contributed by atoms with Gasteiger partial charge in [0.2, 0.25) is 0 Å². The van der Waals surface area contributed by atoms with Crippen molar-refractivity contribution in [1.29, 1.82) is 0 Å². The van der Waals surface area contributed by atoms with Gasteiger partial charge in [0.15, 0.2) is 5.58 Å². The van der Waals surface area contributed by atoms with Gasteiger partial charge < -0.3 is 19.8 Å². The van der Waals surface area contributed by atoms with Crippen molar-refractivity contribution >= 4 is 17.0 Å². The van der Waals surface area contributed by atoms with Crippen LogP contribution in [0.5, 0.6) is 0 Å². The standard InChI is InChI=1S/C10H12N2O3/c1-6(5-13)11-10(14)8-4-9-7(12-8)2-3-15-9/h2-4,6,12-13H,5H2,1H3,(H,11,14). The summed E-state index contributed by atoms with van der Waals surface area (Å²) in [5.74, 6) is -0.247. The minimum Gasteiger partial charge on any atom is -0.463 e. The molecule has 3 N–H and O–H groups in total. The predicted molar refractivity (Wildman–Crippen MR) is 54.6 cm³/mol. The lowest BCUT2D eigenvalue weighted by Gasteiger charge is -2.08. The third-order valence-electron chi connectivity index (χ3n) is 2.14. The molecule has 2 heterocycles. The van der Waals surface area contributed by atoms with Gasteiger partial charge in [-0.25, -0.2) is 0 Å². The minimum atomic E-state index is -0.257. The van der Waals surface area contributed by atoms with E-state index in [-0.39, 0.29) is 18.6 Å². The first-order valence-electron chi connectivity index (χ1n) is 4.68. The number of hydrogen-bond acceptors (Lipinski definition) is 3. The number of hydrogen-bond donors (Lipinski definition) is 3. The van der Waals surface area contributed by atoms with Gasteiger partial charge in [-0.2, -0.15) is 0 Å². The second-order valence-electron chi connectivity index (χ2n) is 3.44. The number of carbonyl (C=O) groups is 1. The molecule has 0 aliphatic heterocycles. The maximum absolute atomic E-state index is 11.6. The van der Waals surface area contributed by atoms with Crippen molar-refractivity contribution < 1.29 is 14.3 Å². The van der Waals surface area contributed by atoms with Gasteiger partial charge in [-0.3, -0.25) is 4.79 Å². The highest BCUT2D eigenvalue weighted by Gasteiger charge is 2.12. The van der Waals surface area contributed by atoms with Gasteiger partial charge in [0.25, 0.3) is 5.91 Å². The average Bonchev–Trinajstić information content (AvgIpc) is 2.76. The molecular weight excluding hydrogens is 196 g/mol. The first-order valence-corrected chi connectivity index (χ1v) is 4.68. The number of nitrogens with one attached hydrogen (secondary N) is 2. The Kier molecular flexibility index (Phi) is 2.47. The Morgan fingerprint density at radius 3 is 3.20 bits per heavy atom. The smallest absolute Gasteiger partial charge is 0.268 e. The third kappa shape index (κ3) is 1.87. The first-order chi connectivity index (χ1) is 7.20. The second-order valence-corrected chi connectivity index (χ2v) is 3.44. The summed E-state index contributed by atoms with van der Waals surface area (Å²) in [5, 5.41) is 11.4. The summed E-state index contributed by atoms with van der Waals surface area (Å²) in [6, 6.07) is 3.13. The van der Waals surface area contributed by atoms with E-state index in [0.29, 0.717) is 11.3 Å². The van der Waals surface area contributed by atoms with Crippen LogP contribution in [0.25, 0.3) is 11.1 Å². The second kappa shape index (κ2) is 3.78.